The van der Waals surface area contributed by atoms with Crippen LogP contribution in [-0.2, 0) is 4.74 Å². The number of aryl methyl sites for hydroxylation is 1. The largest absolute Gasteiger partial charge is 0.398 e. The number of rotatable bonds is 3. The van der Waals surface area contributed by atoms with Crippen LogP contribution in [0.3, 0.4) is 0 Å². The molecule has 2 rings (SSSR count). The predicted molar refractivity (Wildman–Crippen MR) is 72.2 cm³/mol. The third kappa shape index (κ3) is 3.13. The fourth-order valence-corrected chi connectivity index (χ4v) is 2.11. The molecule has 0 atom stereocenters. The normalized spacial score (nSPS) is 18.9. The van der Waals surface area contributed by atoms with Gasteiger partial charge in [-0.3, -0.25) is 0 Å². The Hall–Kier alpha value is -1.22. The van der Waals surface area contributed by atoms with Crippen LogP contribution < -0.4 is 11.1 Å². The van der Waals surface area contributed by atoms with Crippen molar-refractivity contribution in [1.29, 1.82) is 0 Å². The molecule has 0 radical (unpaired) electrons. The van der Waals surface area contributed by atoms with E-state index in [0.717, 1.165) is 49.5 Å². The van der Waals surface area contributed by atoms with Crippen LogP contribution in [0.5, 0.6) is 0 Å². The smallest absolute Gasteiger partial charge is 0.0471 e. The zero-order valence-electron chi connectivity index (χ0n) is 10.8. The van der Waals surface area contributed by atoms with E-state index in [9.17, 15) is 0 Å². The van der Waals surface area contributed by atoms with Crippen molar-refractivity contribution in [1.82, 2.24) is 0 Å². The maximum Gasteiger partial charge on any atom is 0.0471 e. The second-order valence-electron chi connectivity index (χ2n) is 5.35. The van der Waals surface area contributed by atoms with Crippen LogP contribution in [-0.4, -0.2) is 19.8 Å². The fraction of sp³-hybridized carbons (Fsp3) is 0.571. The third-order valence-electron chi connectivity index (χ3n) is 3.70. The lowest BCUT2D eigenvalue weighted by Gasteiger charge is -2.34. The standard InChI is InChI=1S/C14H22N2O/c1-11-3-4-12(9-13(11)15)16-10-14(2)5-7-17-8-6-14/h3-4,9,16H,5-8,10,15H2,1-2H3. The number of nitrogen functional groups attached to an aromatic ring is 1. The minimum atomic E-state index is 0.345. The molecule has 1 fully saturated rings. The van der Waals surface area contributed by atoms with E-state index < -0.39 is 0 Å². The molecule has 0 aliphatic carbocycles. The Morgan fingerprint density at radius 2 is 2.06 bits per heavy atom. The molecule has 0 unspecified atom stereocenters. The van der Waals surface area contributed by atoms with Crippen molar-refractivity contribution in [3.8, 4) is 0 Å². The number of hydrogen-bond acceptors (Lipinski definition) is 3. The van der Waals surface area contributed by atoms with Gasteiger partial charge < -0.3 is 15.8 Å². The third-order valence-corrected chi connectivity index (χ3v) is 3.70. The second-order valence-corrected chi connectivity index (χ2v) is 5.35. The van der Waals surface area contributed by atoms with Gasteiger partial charge in [-0.2, -0.15) is 0 Å². The van der Waals surface area contributed by atoms with Crippen LogP contribution in [0, 0.1) is 12.3 Å². The highest BCUT2D eigenvalue weighted by atomic mass is 16.5. The molecule has 1 heterocycles. The van der Waals surface area contributed by atoms with Crippen LogP contribution in [0.15, 0.2) is 18.2 Å². The predicted octanol–water partition coefficient (Wildman–Crippen LogP) is 2.81. The molecular weight excluding hydrogens is 212 g/mol. The molecule has 0 amide bonds. The van der Waals surface area contributed by atoms with Gasteiger partial charge in [-0.15, -0.1) is 0 Å². The Kier molecular flexibility index (Phi) is 3.57. The summed E-state index contributed by atoms with van der Waals surface area (Å²) in [5.74, 6) is 0. The Balaban J connectivity index is 1.94. The number of benzene rings is 1. The lowest BCUT2D eigenvalue weighted by molar-refractivity contribution is 0.0300. The zero-order valence-corrected chi connectivity index (χ0v) is 10.8. The van der Waals surface area contributed by atoms with Gasteiger partial charge in [0.1, 0.15) is 0 Å². The van der Waals surface area contributed by atoms with E-state index in [-0.39, 0.29) is 0 Å². The Morgan fingerprint density at radius 1 is 1.35 bits per heavy atom. The summed E-state index contributed by atoms with van der Waals surface area (Å²) in [6.07, 6.45) is 2.25. The lowest BCUT2D eigenvalue weighted by Crippen LogP contribution is -2.33. The maximum atomic E-state index is 5.90. The number of nitrogens with two attached hydrogens (primary N) is 1. The van der Waals surface area contributed by atoms with Gasteiger partial charge in [0.2, 0.25) is 0 Å². The van der Waals surface area contributed by atoms with Crippen molar-refractivity contribution < 1.29 is 4.74 Å². The van der Waals surface area contributed by atoms with Gasteiger partial charge in [-0.05, 0) is 42.9 Å². The second kappa shape index (κ2) is 4.96. The van der Waals surface area contributed by atoms with E-state index in [4.69, 9.17) is 10.5 Å². The van der Waals surface area contributed by atoms with Gasteiger partial charge in [0.15, 0.2) is 0 Å². The summed E-state index contributed by atoms with van der Waals surface area (Å²) in [6, 6.07) is 6.16. The quantitative estimate of drug-likeness (QED) is 0.791. The summed E-state index contributed by atoms with van der Waals surface area (Å²) in [5, 5.41) is 3.49. The first-order chi connectivity index (χ1) is 8.09. The topological polar surface area (TPSA) is 47.3 Å². The Bertz CT molecular complexity index is 384. The number of anilines is 2. The molecule has 1 aromatic carbocycles. The van der Waals surface area contributed by atoms with Crippen molar-refractivity contribution in [3.63, 3.8) is 0 Å². The van der Waals surface area contributed by atoms with Crippen molar-refractivity contribution in [2.24, 2.45) is 5.41 Å². The number of ether oxygens (including phenoxy) is 1. The minimum absolute atomic E-state index is 0.345. The maximum absolute atomic E-state index is 5.90. The van der Waals surface area contributed by atoms with Gasteiger partial charge in [-0.25, -0.2) is 0 Å². The van der Waals surface area contributed by atoms with Crippen LogP contribution in [0.25, 0.3) is 0 Å². The molecule has 17 heavy (non-hydrogen) atoms. The van der Waals surface area contributed by atoms with E-state index in [1.165, 1.54) is 0 Å². The van der Waals surface area contributed by atoms with E-state index in [2.05, 4.69) is 24.4 Å². The molecule has 3 heteroatoms. The number of hydrogen-bond donors (Lipinski definition) is 2. The van der Waals surface area contributed by atoms with E-state index in [1.807, 2.05) is 13.0 Å². The summed E-state index contributed by atoms with van der Waals surface area (Å²) in [5.41, 5.74) is 9.35. The molecule has 0 aromatic heterocycles. The van der Waals surface area contributed by atoms with Crippen molar-refractivity contribution in [2.75, 3.05) is 30.8 Å². The first-order valence-corrected chi connectivity index (χ1v) is 6.27. The molecule has 1 aliphatic rings. The summed E-state index contributed by atoms with van der Waals surface area (Å²) < 4.78 is 5.40. The molecule has 1 aromatic rings. The van der Waals surface area contributed by atoms with Gasteiger partial charge in [0, 0.05) is 31.1 Å². The first kappa shape index (κ1) is 12.2. The molecule has 1 saturated heterocycles. The zero-order chi connectivity index (χ0) is 12.3. The highest BCUT2D eigenvalue weighted by molar-refractivity contribution is 5.58. The van der Waals surface area contributed by atoms with Crippen molar-refractivity contribution in [2.45, 2.75) is 26.7 Å². The molecule has 3 nitrogen and oxygen atoms in total. The molecule has 0 spiro atoms. The molecule has 3 N–H and O–H groups in total. The molecule has 1 aliphatic heterocycles. The molecule has 0 saturated carbocycles. The van der Waals surface area contributed by atoms with Gasteiger partial charge >= 0.3 is 0 Å². The molecule has 94 valence electrons. The summed E-state index contributed by atoms with van der Waals surface area (Å²) in [4.78, 5) is 0. The van der Waals surface area contributed by atoms with Crippen LogP contribution in [0.1, 0.15) is 25.3 Å². The monoisotopic (exact) mass is 234 g/mol. The molecule has 0 bridgehead atoms. The number of nitrogens with one attached hydrogen (secondary N) is 1. The molecular formula is C14H22N2O. The van der Waals surface area contributed by atoms with Crippen LogP contribution in [0.2, 0.25) is 0 Å². The van der Waals surface area contributed by atoms with Crippen LogP contribution in [0.4, 0.5) is 11.4 Å². The van der Waals surface area contributed by atoms with Crippen LogP contribution >= 0.6 is 0 Å². The average Bonchev–Trinajstić information content (AvgIpc) is 2.32. The SMILES string of the molecule is Cc1ccc(NCC2(C)CCOCC2)cc1N. The first-order valence-electron chi connectivity index (χ1n) is 6.27. The van der Waals surface area contributed by atoms with Crippen molar-refractivity contribution >= 4 is 11.4 Å². The van der Waals surface area contributed by atoms with E-state index in [1.54, 1.807) is 0 Å². The van der Waals surface area contributed by atoms with Gasteiger partial charge in [0.25, 0.3) is 0 Å². The Morgan fingerprint density at radius 3 is 2.71 bits per heavy atom. The minimum Gasteiger partial charge on any atom is -0.398 e. The fourth-order valence-electron chi connectivity index (χ4n) is 2.11. The van der Waals surface area contributed by atoms with E-state index >= 15 is 0 Å². The van der Waals surface area contributed by atoms with Gasteiger partial charge in [0.05, 0.1) is 0 Å². The highest BCUT2D eigenvalue weighted by Gasteiger charge is 2.26. The summed E-state index contributed by atoms with van der Waals surface area (Å²) in [6.45, 7) is 7.10. The Labute approximate surface area is 103 Å². The van der Waals surface area contributed by atoms with Crippen molar-refractivity contribution in [3.05, 3.63) is 23.8 Å². The highest BCUT2D eigenvalue weighted by Crippen LogP contribution is 2.30. The van der Waals surface area contributed by atoms with Gasteiger partial charge in [-0.1, -0.05) is 13.0 Å². The summed E-state index contributed by atoms with van der Waals surface area (Å²) >= 11 is 0. The van der Waals surface area contributed by atoms with E-state index in [0.29, 0.717) is 5.41 Å². The summed E-state index contributed by atoms with van der Waals surface area (Å²) in [7, 11) is 0. The lowest BCUT2D eigenvalue weighted by atomic mass is 9.82. The average molecular weight is 234 g/mol.